The van der Waals surface area contributed by atoms with Crippen LogP contribution in [0.15, 0.2) is 58.3 Å². The molecule has 0 fully saturated rings. The number of thioether (sulfide) groups is 1. The molecule has 1 aliphatic heterocycles. The highest BCUT2D eigenvalue weighted by Crippen LogP contribution is 2.39. The van der Waals surface area contributed by atoms with Crippen molar-refractivity contribution in [2.24, 2.45) is 0 Å². The number of fused-ring (bicyclic) bond motifs is 1. The number of rotatable bonds is 6. The number of amides is 2. The van der Waals surface area contributed by atoms with Gasteiger partial charge in [-0.2, -0.15) is 0 Å². The monoisotopic (exact) mass is 368 g/mol. The Kier molecular flexibility index (Phi) is 6.09. The molecule has 0 unspecified atom stereocenters. The Morgan fingerprint density at radius 3 is 2.81 bits per heavy atom. The largest absolute Gasteiger partial charge is 0.385 e. The summed E-state index contributed by atoms with van der Waals surface area (Å²) in [6.07, 6.45) is 2.62. The molecular formula is C20H20N2O3S. The first-order valence-electron chi connectivity index (χ1n) is 8.34. The molecule has 2 aromatic rings. The summed E-state index contributed by atoms with van der Waals surface area (Å²) in [5, 5.41) is 5.72. The molecule has 2 amide bonds. The number of anilines is 1. The van der Waals surface area contributed by atoms with Gasteiger partial charge in [-0.15, -0.1) is 0 Å². The highest BCUT2D eigenvalue weighted by atomic mass is 32.2. The molecule has 6 heteroatoms. The van der Waals surface area contributed by atoms with Crippen molar-refractivity contribution in [3.63, 3.8) is 0 Å². The van der Waals surface area contributed by atoms with E-state index in [2.05, 4.69) is 10.6 Å². The quantitative estimate of drug-likeness (QED) is 0.605. The van der Waals surface area contributed by atoms with Crippen LogP contribution in [-0.4, -0.2) is 32.1 Å². The van der Waals surface area contributed by atoms with E-state index in [1.54, 1.807) is 19.2 Å². The Bertz CT molecular complexity index is 834. The fourth-order valence-corrected chi connectivity index (χ4v) is 3.45. The minimum Gasteiger partial charge on any atom is -0.385 e. The van der Waals surface area contributed by atoms with Crippen molar-refractivity contribution < 1.29 is 14.3 Å². The highest BCUT2D eigenvalue weighted by molar-refractivity contribution is 8.04. The lowest BCUT2D eigenvalue weighted by atomic mass is 10.1. The molecule has 0 spiro atoms. The van der Waals surface area contributed by atoms with Gasteiger partial charge in [0.1, 0.15) is 0 Å². The van der Waals surface area contributed by atoms with Gasteiger partial charge in [-0.3, -0.25) is 9.59 Å². The average molecular weight is 368 g/mol. The Morgan fingerprint density at radius 1 is 1.23 bits per heavy atom. The highest BCUT2D eigenvalue weighted by Gasteiger charge is 2.22. The van der Waals surface area contributed by atoms with Crippen molar-refractivity contribution in [1.29, 1.82) is 0 Å². The summed E-state index contributed by atoms with van der Waals surface area (Å²) in [6.45, 7) is 1.16. The summed E-state index contributed by atoms with van der Waals surface area (Å²) in [6, 6.07) is 15.1. The van der Waals surface area contributed by atoms with Gasteiger partial charge in [0, 0.05) is 30.7 Å². The normalized spacial score (nSPS) is 14.7. The lowest BCUT2D eigenvalue weighted by molar-refractivity contribution is -0.112. The Hall–Kier alpha value is -2.57. The number of hydrogen-bond acceptors (Lipinski definition) is 4. The van der Waals surface area contributed by atoms with Gasteiger partial charge in [0.15, 0.2) is 0 Å². The minimum atomic E-state index is -0.163. The van der Waals surface area contributed by atoms with E-state index in [0.717, 1.165) is 16.9 Å². The van der Waals surface area contributed by atoms with E-state index in [0.29, 0.717) is 29.3 Å². The molecular weight excluding hydrogens is 348 g/mol. The van der Waals surface area contributed by atoms with Crippen LogP contribution < -0.4 is 10.6 Å². The van der Waals surface area contributed by atoms with E-state index in [-0.39, 0.29) is 11.8 Å². The van der Waals surface area contributed by atoms with Crippen molar-refractivity contribution in [3.8, 4) is 0 Å². The third kappa shape index (κ3) is 4.53. The summed E-state index contributed by atoms with van der Waals surface area (Å²) in [7, 11) is 1.63. The van der Waals surface area contributed by atoms with E-state index in [9.17, 15) is 9.59 Å². The summed E-state index contributed by atoms with van der Waals surface area (Å²) in [5.74, 6) is -0.321. The maximum absolute atomic E-state index is 12.4. The molecule has 2 N–H and O–H groups in total. The molecule has 1 heterocycles. The van der Waals surface area contributed by atoms with Gasteiger partial charge in [-0.1, -0.05) is 42.1 Å². The van der Waals surface area contributed by atoms with Gasteiger partial charge >= 0.3 is 0 Å². The fraction of sp³-hybridized carbons (Fsp3) is 0.200. The van der Waals surface area contributed by atoms with Crippen LogP contribution in [0.4, 0.5) is 5.69 Å². The topological polar surface area (TPSA) is 67.4 Å². The van der Waals surface area contributed by atoms with E-state index in [1.165, 1.54) is 11.8 Å². The zero-order valence-corrected chi connectivity index (χ0v) is 15.3. The van der Waals surface area contributed by atoms with Crippen LogP contribution in [-0.2, 0) is 9.53 Å². The number of benzene rings is 2. The van der Waals surface area contributed by atoms with E-state index in [1.807, 2.05) is 42.5 Å². The molecule has 0 atom stereocenters. The zero-order chi connectivity index (χ0) is 18.4. The standard InChI is InChI=1S/C20H20N2O3S/c1-25-11-5-10-21-19(23)15-8-9-17-16(13-15)22-20(24)18(26-17)12-14-6-3-2-4-7-14/h2-4,6-9,12-13H,5,10-11H2,1H3,(H,21,23)(H,22,24). The van der Waals surface area contributed by atoms with Crippen LogP contribution >= 0.6 is 11.8 Å². The number of hydrogen-bond donors (Lipinski definition) is 2. The first-order chi connectivity index (χ1) is 12.7. The van der Waals surface area contributed by atoms with Crippen LogP contribution in [0.25, 0.3) is 6.08 Å². The second kappa shape index (κ2) is 8.69. The second-order valence-corrected chi connectivity index (χ2v) is 6.87. The van der Waals surface area contributed by atoms with Crippen LogP contribution in [0.1, 0.15) is 22.3 Å². The third-order valence-corrected chi connectivity index (χ3v) is 4.94. The van der Waals surface area contributed by atoms with E-state index in [4.69, 9.17) is 4.74 Å². The molecule has 0 bridgehead atoms. The van der Waals surface area contributed by atoms with Crippen molar-refractivity contribution in [1.82, 2.24) is 5.32 Å². The number of methoxy groups -OCH3 is 1. The van der Waals surface area contributed by atoms with Gasteiger partial charge in [0.05, 0.1) is 10.6 Å². The molecule has 134 valence electrons. The Labute approximate surface area is 156 Å². The Morgan fingerprint density at radius 2 is 2.04 bits per heavy atom. The van der Waals surface area contributed by atoms with Crippen molar-refractivity contribution >= 4 is 35.3 Å². The Balaban J connectivity index is 1.72. The molecule has 2 aromatic carbocycles. The summed E-state index contributed by atoms with van der Waals surface area (Å²) in [5.41, 5.74) is 2.16. The maximum Gasteiger partial charge on any atom is 0.262 e. The van der Waals surface area contributed by atoms with E-state index < -0.39 is 0 Å². The zero-order valence-electron chi connectivity index (χ0n) is 14.5. The molecule has 5 nitrogen and oxygen atoms in total. The summed E-state index contributed by atoms with van der Waals surface area (Å²) >= 11 is 1.41. The van der Waals surface area contributed by atoms with Crippen LogP contribution in [0.2, 0.25) is 0 Å². The van der Waals surface area contributed by atoms with Crippen LogP contribution in [0, 0.1) is 0 Å². The third-order valence-electron chi connectivity index (χ3n) is 3.84. The lowest BCUT2D eigenvalue weighted by Gasteiger charge is -2.19. The molecule has 26 heavy (non-hydrogen) atoms. The molecule has 3 rings (SSSR count). The van der Waals surface area contributed by atoms with Crippen LogP contribution in [0.3, 0.4) is 0 Å². The van der Waals surface area contributed by atoms with Gasteiger partial charge in [0.25, 0.3) is 11.8 Å². The van der Waals surface area contributed by atoms with Gasteiger partial charge < -0.3 is 15.4 Å². The lowest BCUT2D eigenvalue weighted by Crippen LogP contribution is -2.25. The van der Waals surface area contributed by atoms with Gasteiger partial charge in [-0.25, -0.2) is 0 Å². The van der Waals surface area contributed by atoms with Crippen molar-refractivity contribution in [3.05, 3.63) is 64.6 Å². The summed E-state index contributed by atoms with van der Waals surface area (Å²) in [4.78, 5) is 26.1. The SMILES string of the molecule is COCCCNC(=O)c1ccc2c(c1)NC(=O)C(=Cc1ccccc1)S2. The second-order valence-electron chi connectivity index (χ2n) is 5.79. The first kappa shape index (κ1) is 18.2. The number of ether oxygens (including phenoxy) is 1. The number of carbonyl (C=O) groups is 2. The fourth-order valence-electron chi connectivity index (χ4n) is 2.52. The van der Waals surface area contributed by atoms with Crippen molar-refractivity contribution in [2.75, 3.05) is 25.6 Å². The number of carbonyl (C=O) groups excluding carboxylic acids is 2. The predicted molar refractivity (Wildman–Crippen MR) is 104 cm³/mol. The molecule has 1 aliphatic rings. The smallest absolute Gasteiger partial charge is 0.262 e. The molecule has 0 saturated heterocycles. The average Bonchev–Trinajstić information content (AvgIpc) is 2.66. The summed E-state index contributed by atoms with van der Waals surface area (Å²) < 4.78 is 4.96. The van der Waals surface area contributed by atoms with Crippen molar-refractivity contribution in [2.45, 2.75) is 11.3 Å². The molecule has 0 aromatic heterocycles. The van der Waals surface area contributed by atoms with Gasteiger partial charge in [-0.05, 0) is 36.3 Å². The number of nitrogens with one attached hydrogen (secondary N) is 2. The van der Waals surface area contributed by atoms with Crippen LogP contribution in [0.5, 0.6) is 0 Å². The predicted octanol–water partition coefficient (Wildman–Crippen LogP) is 3.54. The first-order valence-corrected chi connectivity index (χ1v) is 9.16. The minimum absolute atomic E-state index is 0.159. The van der Waals surface area contributed by atoms with Gasteiger partial charge in [0.2, 0.25) is 0 Å². The maximum atomic E-state index is 12.4. The molecule has 0 radical (unpaired) electrons. The molecule has 0 aliphatic carbocycles. The van der Waals surface area contributed by atoms with E-state index >= 15 is 0 Å². The molecule has 0 saturated carbocycles.